The Morgan fingerprint density at radius 2 is 2.00 bits per heavy atom. The van der Waals surface area contributed by atoms with Crippen LogP contribution in [0.1, 0.15) is 25.6 Å². The van der Waals surface area contributed by atoms with Crippen LogP contribution in [0.4, 0.5) is 11.4 Å². The van der Waals surface area contributed by atoms with Crippen molar-refractivity contribution in [2.45, 2.75) is 30.2 Å². The van der Waals surface area contributed by atoms with E-state index in [0.717, 1.165) is 15.9 Å². The van der Waals surface area contributed by atoms with Gasteiger partial charge in [0.15, 0.2) is 9.84 Å². The summed E-state index contributed by atoms with van der Waals surface area (Å²) in [5.74, 6) is 0. The van der Waals surface area contributed by atoms with Crippen molar-refractivity contribution < 1.29 is 8.42 Å². The van der Waals surface area contributed by atoms with Crippen LogP contribution < -0.4 is 10.6 Å². The van der Waals surface area contributed by atoms with Crippen LogP contribution in [0.15, 0.2) is 51.8 Å². The Hall–Kier alpha value is -2.29. The lowest BCUT2D eigenvalue weighted by Gasteiger charge is -2.31. The van der Waals surface area contributed by atoms with E-state index in [4.69, 9.17) is 5.73 Å². The van der Waals surface area contributed by atoms with Gasteiger partial charge in [-0.25, -0.2) is 18.4 Å². The summed E-state index contributed by atoms with van der Waals surface area (Å²) < 4.78 is 26.1. The molecule has 2 aromatic carbocycles. The number of hydrogen-bond donors (Lipinski definition) is 1. The molecule has 1 aliphatic heterocycles. The highest BCUT2D eigenvalue weighted by atomic mass is 32.2. The third-order valence-electron chi connectivity index (χ3n) is 4.50. The molecule has 1 unspecified atom stereocenters. The van der Waals surface area contributed by atoms with Crippen molar-refractivity contribution in [2.24, 2.45) is 10.7 Å². The van der Waals surface area contributed by atoms with Gasteiger partial charge < -0.3 is 10.6 Å². The van der Waals surface area contributed by atoms with Gasteiger partial charge >= 0.3 is 0 Å². The molecule has 3 aromatic rings. The second kappa shape index (κ2) is 6.15. The predicted octanol–water partition coefficient (Wildman–Crippen LogP) is 3.62. The van der Waals surface area contributed by atoms with Gasteiger partial charge in [-0.1, -0.05) is 0 Å². The summed E-state index contributed by atoms with van der Waals surface area (Å²) in [6.45, 7) is 3.34. The van der Waals surface area contributed by atoms with E-state index in [-0.39, 0.29) is 4.90 Å². The van der Waals surface area contributed by atoms with E-state index in [1.807, 2.05) is 23.1 Å². The van der Waals surface area contributed by atoms with E-state index in [1.165, 1.54) is 0 Å². The largest absolute Gasteiger partial charge is 0.312 e. The number of nitrogens with zero attached hydrogens (tertiary/aromatic N) is 3. The average Bonchev–Trinajstić information content (AvgIpc) is 3.09. The smallest absolute Gasteiger partial charge is 0.180 e. The van der Waals surface area contributed by atoms with Crippen molar-refractivity contribution in [1.29, 1.82) is 0 Å². The Labute approximate surface area is 155 Å². The maximum absolute atomic E-state index is 12.5. The van der Waals surface area contributed by atoms with Crippen molar-refractivity contribution in [1.82, 2.24) is 4.98 Å². The van der Waals surface area contributed by atoms with Gasteiger partial charge in [0.2, 0.25) is 0 Å². The number of anilines is 1. The minimum Gasteiger partial charge on any atom is -0.312 e. The summed E-state index contributed by atoms with van der Waals surface area (Å²) in [4.78, 5) is 10.9. The highest BCUT2D eigenvalue weighted by Gasteiger charge is 2.26. The summed E-state index contributed by atoms with van der Waals surface area (Å²) in [7, 11) is -3.37. The van der Waals surface area contributed by atoms with Crippen LogP contribution in [0.5, 0.6) is 0 Å². The van der Waals surface area contributed by atoms with Gasteiger partial charge in [-0.2, -0.15) is 0 Å². The summed E-state index contributed by atoms with van der Waals surface area (Å²) in [6.07, 6.45) is 1.15. The molecule has 2 N–H and O–H groups in total. The molecular weight excluding hydrogens is 368 g/mol. The lowest BCUT2D eigenvalue weighted by Crippen LogP contribution is -2.35. The van der Waals surface area contributed by atoms with Gasteiger partial charge in [0, 0.05) is 11.3 Å². The molecule has 2 heterocycles. The molecule has 0 spiro atoms. The second-order valence-electron chi connectivity index (χ2n) is 6.42. The quantitative estimate of drug-likeness (QED) is 0.743. The molecule has 1 aromatic heterocycles. The minimum atomic E-state index is -3.37. The number of sulfone groups is 1. The van der Waals surface area contributed by atoms with Gasteiger partial charge in [-0.05, 0) is 50.2 Å². The standard InChI is InChI=1S/C18H18N4O2S2/c1-11(2)26(23,24)13-4-5-15-14(8-13)18(19)22(9-20-15)12-3-6-17-16(7-12)21-10-25-17/h3-11,18H,19H2,1-2H3. The van der Waals surface area contributed by atoms with Crippen LogP contribution in [0.25, 0.3) is 10.2 Å². The predicted molar refractivity (Wildman–Crippen MR) is 106 cm³/mol. The fourth-order valence-electron chi connectivity index (χ4n) is 2.92. The van der Waals surface area contributed by atoms with E-state index >= 15 is 0 Å². The maximum atomic E-state index is 12.5. The monoisotopic (exact) mass is 386 g/mol. The van der Waals surface area contributed by atoms with E-state index < -0.39 is 21.3 Å². The first-order valence-electron chi connectivity index (χ1n) is 8.17. The summed E-state index contributed by atoms with van der Waals surface area (Å²) in [5, 5.41) is -0.493. The Morgan fingerprint density at radius 3 is 2.77 bits per heavy atom. The van der Waals surface area contributed by atoms with E-state index in [2.05, 4.69) is 9.98 Å². The highest BCUT2D eigenvalue weighted by Crippen LogP contribution is 2.36. The van der Waals surface area contributed by atoms with Gasteiger partial charge in [-0.15, -0.1) is 11.3 Å². The first kappa shape index (κ1) is 17.1. The van der Waals surface area contributed by atoms with E-state index in [0.29, 0.717) is 11.3 Å². The summed E-state index contributed by atoms with van der Waals surface area (Å²) in [5.41, 5.74) is 11.4. The Balaban J connectivity index is 1.76. The number of aliphatic imine (C=N–C) groups is 1. The third-order valence-corrected chi connectivity index (χ3v) is 7.46. The normalized spacial score (nSPS) is 17.1. The zero-order valence-electron chi connectivity index (χ0n) is 14.3. The number of fused-ring (bicyclic) bond motifs is 2. The van der Waals surface area contributed by atoms with Gasteiger partial charge in [0.05, 0.1) is 37.9 Å². The number of thiazole rings is 1. The van der Waals surface area contributed by atoms with Crippen LogP contribution in [-0.4, -0.2) is 25.0 Å². The summed E-state index contributed by atoms with van der Waals surface area (Å²) >= 11 is 1.58. The molecule has 8 heteroatoms. The number of rotatable bonds is 3. The Kier molecular flexibility index (Phi) is 4.06. The molecule has 0 fully saturated rings. The van der Waals surface area contributed by atoms with Crippen molar-refractivity contribution in [3.8, 4) is 0 Å². The molecule has 0 saturated carbocycles. The number of benzene rings is 2. The summed E-state index contributed by atoms with van der Waals surface area (Å²) in [6, 6.07) is 10.9. The molecule has 6 nitrogen and oxygen atoms in total. The molecular formula is C18H18N4O2S2. The van der Waals surface area contributed by atoms with Crippen molar-refractivity contribution in [3.63, 3.8) is 0 Å². The van der Waals surface area contributed by atoms with Crippen LogP contribution in [0.3, 0.4) is 0 Å². The van der Waals surface area contributed by atoms with Crippen LogP contribution in [0.2, 0.25) is 0 Å². The lowest BCUT2D eigenvalue weighted by atomic mass is 10.1. The third kappa shape index (κ3) is 2.70. The van der Waals surface area contributed by atoms with Crippen LogP contribution in [-0.2, 0) is 9.84 Å². The number of aromatic nitrogens is 1. The first-order valence-corrected chi connectivity index (χ1v) is 10.6. The van der Waals surface area contributed by atoms with Crippen molar-refractivity contribution in [2.75, 3.05) is 4.90 Å². The van der Waals surface area contributed by atoms with Gasteiger partial charge in [-0.3, -0.25) is 0 Å². The van der Waals surface area contributed by atoms with E-state index in [1.54, 1.807) is 55.2 Å². The van der Waals surface area contributed by atoms with Crippen molar-refractivity contribution >= 4 is 49.1 Å². The minimum absolute atomic E-state index is 0.272. The second-order valence-corrected chi connectivity index (χ2v) is 9.81. The molecule has 0 amide bonds. The molecule has 1 atom stereocenters. The SMILES string of the molecule is CC(C)S(=O)(=O)c1ccc2c(c1)C(N)N(c1ccc3scnc3c1)C=N2. The Bertz CT molecular complexity index is 1120. The lowest BCUT2D eigenvalue weighted by molar-refractivity contribution is 0.587. The maximum Gasteiger partial charge on any atom is 0.180 e. The Morgan fingerprint density at radius 1 is 1.19 bits per heavy atom. The zero-order valence-corrected chi connectivity index (χ0v) is 16.0. The highest BCUT2D eigenvalue weighted by molar-refractivity contribution is 7.92. The molecule has 0 aliphatic carbocycles. The van der Waals surface area contributed by atoms with E-state index in [9.17, 15) is 8.42 Å². The average molecular weight is 387 g/mol. The topological polar surface area (TPSA) is 88.6 Å². The number of hydrogen-bond acceptors (Lipinski definition) is 7. The van der Waals surface area contributed by atoms with Crippen LogP contribution in [0, 0.1) is 0 Å². The van der Waals surface area contributed by atoms with Crippen LogP contribution >= 0.6 is 11.3 Å². The molecule has 26 heavy (non-hydrogen) atoms. The first-order chi connectivity index (χ1) is 12.4. The molecule has 0 radical (unpaired) electrons. The van der Waals surface area contributed by atoms with Crippen molar-refractivity contribution in [3.05, 3.63) is 47.5 Å². The zero-order chi connectivity index (χ0) is 18.5. The fraction of sp³-hybridized carbons (Fsp3) is 0.222. The van der Waals surface area contributed by atoms with Gasteiger partial charge in [0.25, 0.3) is 0 Å². The molecule has 1 aliphatic rings. The fourth-order valence-corrected chi connectivity index (χ4v) is 4.67. The molecule has 0 bridgehead atoms. The molecule has 134 valence electrons. The molecule has 0 saturated heterocycles. The number of nitrogens with two attached hydrogens (primary N) is 1. The van der Waals surface area contributed by atoms with Gasteiger partial charge in [0.1, 0.15) is 6.17 Å². The molecule has 4 rings (SSSR count).